The van der Waals surface area contributed by atoms with Gasteiger partial charge in [0.25, 0.3) is 5.91 Å². The minimum atomic E-state index is -0.134. The van der Waals surface area contributed by atoms with Crippen molar-refractivity contribution in [3.8, 4) is 0 Å². The van der Waals surface area contributed by atoms with Crippen molar-refractivity contribution in [2.75, 3.05) is 0 Å². The Morgan fingerprint density at radius 1 is 1.31 bits per heavy atom. The summed E-state index contributed by atoms with van der Waals surface area (Å²) >= 11 is 0. The first kappa shape index (κ1) is 13.0. The minimum absolute atomic E-state index is 0.00542. The molecule has 1 aliphatic carbocycles. The van der Waals surface area contributed by atoms with E-state index in [1.165, 1.54) is 6.42 Å². The smallest absolute Gasteiger partial charge is 0.252 e. The number of hydrogen-bond acceptors (Lipinski definition) is 1. The van der Waals surface area contributed by atoms with Crippen LogP contribution >= 0.6 is 0 Å². The summed E-state index contributed by atoms with van der Waals surface area (Å²) in [6.07, 6.45) is 3.22. The van der Waals surface area contributed by atoms with Gasteiger partial charge in [-0.05, 0) is 30.6 Å². The van der Waals surface area contributed by atoms with E-state index in [1.54, 1.807) is 0 Å². The lowest BCUT2D eigenvalue weighted by Crippen LogP contribution is -2.34. The van der Waals surface area contributed by atoms with Crippen LogP contribution in [-0.2, 0) is 4.79 Å². The molecule has 0 radical (unpaired) electrons. The summed E-state index contributed by atoms with van der Waals surface area (Å²) in [6.45, 7) is 6.51. The Kier molecular flexibility index (Phi) is 4.33. The van der Waals surface area contributed by atoms with Crippen LogP contribution in [0.2, 0.25) is 0 Å². The lowest BCUT2D eigenvalue weighted by Gasteiger charge is -2.35. The van der Waals surface area contributed by atoms with E-state index in [2.05, 4.69) is 25.8 Å². The molecule has 0 aromatic rings. The monoisotopic (exact) mass is 225 g/mol. The molecule has 0 saturated heterocycles. The Hall–Kier alpha value is -1.06. The summed E-state index contributed by atoms with van der Waals surface area (Å²) in [4.78, 5) is 15.6. The molecule has 0 bridgehead atoms. The van der Waals surface area contributed by atoms with Crippen molar-refractivity contribution in [1.29, 1.82) is 0 Å². The molecule has 0 aromatic carbocycles. The van der Waals surface area contributed by atoms with Gasteiger partial charge in [0, 0.05) is 5.92 Å². The van der Waals surface area contributed by atoms with Crippen molar-refractivity contribution < 1.29 is 4.79 Å². The third-order valence-corrected chi connectivity index (χ3v) is 3.58. The Morgan fingerprint density at radius 3 is 2.44 bits per heavy atom. The Bertz CT molecular complexity index is 282. The highest BCUT2D eigenvalue weighted by molar-refractivity contribution is 5.92. The number of carbonyl (C=O) groups excluding carboxylic acids is 1. The average Bonchev–Trinajstić information content (AvgIpc) is 2.15. The van der Waals surface area contributed by atoms with E-state index >= 15 is 0 Å². The highest BCUT2D eigenvalue weighted by atomic mass is 16.1. The van der Waals surface area contributed by atoms with Gasteiger partial charge in [0.1, 0.15) is 0 Å². The Labute approximate surface area is 97.5 Å². The second-order valence-corrected chi connectivity index (χ2v) is 5.31. The molecule has 1 amide bonds. The van der Waals surface area contributed by atoms with Gasteiger partial charge in [-0.15, -0.1) is 0 Å². The SMILES string of the molecule is CC(C)[C@@H]1CC[C@@H](C)C[C@H]1C(=O)N=C(N)N. The Balaban J connectivity index is 2.79. The van der Waals surface area contributed by atoms with E-state index in [-0.39, 0.29) is 17.8 Å². The highest BCUT2D eigenvalue weighted by Crippen LogP contribution is 2.38. The van der Waals surface area contributed by atoms with E-state index in [9.17, 15) is 4.79 Å². The van der Waals surface area contributed by atoms with Gasteiger partial charge in [-0.1, -0.05) is 27.2 Å². The molecule has 1 aliphatic rings. The predicted molar refractivity (Wildman–Crippen MR) is 65.6 cm³/mol. The second kappa shape index (κ2) is 5.32. The number of rotatable bonds is 2. The molecule has 4 N–H and O–H groups in total. The van der Waals surface area contributed by atoms with Gasteiger partial charge < -0.3 is 11.5 Å². The second-order valence-electron chi connectivity index (χ2n) is 5.31. The van der Waals surface area contributed by atoms with Crippen LogP contribution in [0.25, 0.3) is 0 Å². The van der Waals surface area contributed by atoms with Gasteiger partial charge >= 0.3 is 0 Å². The molecule has 1 saturated carbocycles. The molecule has 0 aliphatic heterocycles. The zero-order valence-electron chi connectivity index (χ0n) is 10.4. The van der Waals surface area contributed by atoms with E-state index in [4.69, 9.17) is 11.5 Å². The molecular formula is C12H23N3O. The van der Waals surface area contributed by atoms with E-state index in [0.717, 1.165) is 12.8 Å². The number of nitrogens with zero attached hydrogens (tertiary/aromatic N) is 1. The summed E-state index contributed by atoms with van der Waals surface area (Å²) in [5, 5.41) is 0. The van der Waals surface area contributed by atoms with Crippen LogP contribution in [-0.4, -0.2) is 11.9 Å². The highest BCUT2D eigenvalue weighted by Gasteiger charge is 2.35. The van der Waals surface area contributed by atoms with Crippen LogP contribution in [0, 0.1) is 23.7 Å². The zero-order valence-corrected chi connectivity index (χ0v) is 10.4. The zero-order chi connectivity index (χ0) is 12.3. The molecule has 0 spiro atoms. The predicted octanol–water partition coefficient (Wildman–Crippen LogP) is 1.49. The van der Waals surface area contributed by atoms with Gasteiger partial charge in [0.05, 0.1) is 0 Å². The fraction of sp³-hybridized carbons (Fsp3) is 0.833. The molecule has 3 atom stereocenters. The van der Waals surface area contributed by atoms with Crippen LogP contribution < -0.4 is 11.5 Å². The van der Waals surface area contributed by atoms with Crippen molar-refractivity contribution in [2.45, 2.75) is 40.0 Å². The van der Waals surface area contributed by atoms with Gasteiger partial charge in [0.2, 0.25) is 0 Å². The molecule has 1 rings (SSSR count). The topological polar surface area (TPSA) is 81.5 Å². The molecule has 0 aromatic heterocycles. The molecule has 0 unspecified atom stereocenters. The Morgan fingerprint density at radius 2 is 1.94 bits per heavy atom. The molecular weight excluding hydrogens is 202 g/mol. The third-order valence-electron chi connectivity index (χ3n) is 3.58. The first-order chi connectivity index (χ1) is 7.41. The van der Waals surface area contributed by atoms with E-state index < -0.39 is 0 Å². The first-order valence-corrected chi connectivity index (χ1v) is 6.05. The van der Waals surface area contributed by atoms with E-state index in [0.29, 0.717) is 17.8 Å². The lowest BCUT2D eigenvalue weighted by molar-refractivity contribution is -0.125. The summed E-state index contributed by atoms with van der Waals surface area (Å²) in [5.41, 5.74) is 10.5. The summed E-state index contributed by atoms with van der Waals surface area (Å²) in [7, 11) is 0. The minimum Gasteiger partial charge on any atom is -0.370 e. The maximum absolute atomic E-state index is 11.9. The van der Waals surface area contributed by atoms with Crippen molar-refractivity contribution in [1.82, 2.24) is 0 Å². The molecule has 0 heterocycles. The van der Waals surface area contributed by atoms with Crippen LogP contribution in [0.1, 0.15) is 40.0 Å². The largest absolute Gasteiger partial charge is 0.370 e. The number of nitrogens with two attached hydrogens (primary N) is 2. The maximum atomic E-state index is 11.9. The van der Waals surface area contributed by atoms with Crippen LogP contribution in [0.15, 0.2) is 4.99 Å². The van der Waals surface area contributed by atoms with Gasteiger partial charge in [-0.3, -0.25) is 4.79 Å². The fourth-order valence-corrected chi connectivity index (χ4v) is 2.70. The third kappa shape index (κ3) is 3.22. The van der Waals surface area contributed by atoms with Gasteiger partial charge in [-0.25, -0.2) is 0 Å². The van der Waals surface area contributed by atoms with E-state index in [1.807, 2.05) is 0 Å². The van der Waals surface area contributed by atoms with Crippen LogP contribution in [0.3, 0.4) is 0 Å². The lowest BCUT2D eigenvalue weighted by atomic mass is 9.70. The maximum Gasteiger partial charge on any atom is 0.252 e. The van der Waals surface area contributed by atoms with Gasteiger partial charge in [-0.2, -0.15) is 4.99 Å². The molecule has 92 valence electrons. The van der Waals surface area contributed by atoms with Crippen LogP contribution in [0.4, 0.5) is 0 Å². The summed E-state index contributed by atoms with van der Waals surface area (Å²) < 4.78 is 0. The summed E-state index contributed by atoms with van der Waals surface area (Å²) in [6, 6.07) is 0. The van der Waals surface area contributed by atoms with Crippen molar-refractivity contribution in [3.05, 3.63) is 0 Å². The number of aliphatic imine (C=N–C) groups is 1. The standard InChI is InChI=1S/C12H23N3O/c1-7(2)9-5-4-8(3)6-10(9)11(16)15-12(13)14/h7-10H,4-6H2,1-3H3,(H4,13,14,15,16)/t8-,9+,10-/m1/s1. The summed E-state index contributed by atoms with van der Waals surface area (Å²) in [5.74, 6) is 1.28. The number of carbonyl (C=O) groups is 1. The molecule has 4 heteroatoms. The molecule has 4 nitrogen and oxygen atoms in total. The van der Waals surface area contributed by atoms with Gasteiger partial charge in [0.15, 0.2) is 5.96 Å². The van der Waals surface area contributed by atoms with Crippen molar-refractivity contribution >= 4 is 11.9 Å². The first-order valence-electron chi connectivity index (χ1n) is 6.05. The van der Waals surface area contributed by atoms with Crippen molar-refractivity contribution in [2.24, 2.45) is 40.1 Å². The molecule has 1 fully saturated rings. The number of guanidine groups is 1. The fourth-order valence-electron chi connectivity index (χ4n) is 2.70. The number of hydrogen-bond donors (Lipinski definition) is 2. The molecule has 16 heavy (non-hydrogen) atoms. The number of amides is 1. The quantitative estimate of drug-likeness (QED) is 0.552. The van der Waals surface area contributed by atoms with Crippen LogP contribution in [0.5, 0.6) is 0 Å². The van der Waals surface area contributed by atoms with Crippen molar-refractivity contribution in [3.63, 3.8) is 0 Å². The average molecular weight is 225 g/mol. The normalized spacial score (nSPS) is 30.1.